The second-order valence-electron chi connectivity index (χ2n) is 10.2. The number of likely N-dealkylation sites (tertiary alicyclic amines) is 1. The number of carbonyl (C=O) groups is 3. The number of aliphatic hydroxyl groups is 1. The fourth-order valence-electron chi connectivity index (χ4n) is 6.60. The average molecular weight is 534 g/mol. The number of fused-ring (bicyclic) bond motifs is 2. The molecule has 38 heavy (non-hydrogen) atoms. The molecule has 1 spiro atoms. The zero-order chi connectivity index (χ0) is 26.7. The highest BCUT2D eigenvalue weighted by molar-refractivity contribution is 6.34. The number of amides is 3. The molecule has 0 saturated carbocycles. The summed E-state index contributed by atoms with van der Waals surface area (Å²) in [6, 6.07) is 15.3. The van der Waals surface area contributed by atoms with Gasteiger partial charge in [-0.3, -0.25) is 14.4 Å². The van der Waals surface area contributed by atoms with Crippen molar-refractivity contribution in [1.29, 1.82) is 0 Å². The molecule has 196 valence electrons. The largest absolute Gasteiger partial charge is 0.395 e. The molecule has 2 fully saturated rings. The molecule has 2 aromatic rings. The van der Waals surface area contributed by atoms with Gasteiger partial charge in [-0.05, 0) is 31.2 Å². The van der Waals surface area contributed by atoms with Crippen LogP contribution in [0.2, 0.25) is 5.02 Å². The van der Waals surface area contributed by atoms with E-state index < -0.39 is 29.1 Å². The maximum Gasteiger partial charge on any atom is 0.253 e. The molecule has 0 aliphatic carbocycles. The predicted octanol–water partition coefficient (Wildman–Crippen LogP) is 2.81. The van der Waals surface area contributed by atoms with Gasteiger partial charge in [0.2, 0.25) is 11.8 Å². The Kier molecular flexibility index (Phi) is 5.94. The highest BCUT2D eigenvalue weighted by Crippen LogP contribution is 2.57. The van der Waals surface area contributed by atoms with Gasteiger partial charge in [0, 0.05) is 25.3 Å². The number of hydrogen-bond donors (Lipinski definition) is 1. The lowest BCUT2D eigenvalue weighted by molar-refractivity contribution is -0.144. The summed E-state index contributed by atoms with van der Waals surface area (Å²) in [5.41, 5.74) is -1.27. The van der Waals surface area contributed by atoms with Gasteiger partial charge in [-0.15, -0.1) is 0 Å². The van der Waals surface area contributed by atoms with Crippen molar-refractivity contribution in [3.63, 3.8) is 0 Å². The Morgan fingerprint density at radius 2 is 1.58 bits per heavy atom. The van der Waals surface area contributed by atoms with Gasteiger partial charge in [-0.2, -0.15) is 0 Å². The number of ether oxygens (including phenoxy) is 1. The molecule has 2 saturated heterocycles. The van der Waals surface area contributed by atoms with Gasteiger partial charge < -0.3 is 24.5 Å². The Morgan fingerprint density at radius 3 is 2.32 bits per heavy atom. The van der Waals surface area contributed by atoms with Crippen molar-refractivity contribution in [3.8, 4) is 0 Å². The van der Waals surface area contributed by atoms with Crippen molar-refractivity contribution in [1.82, 2.24) is 4.90 Å². The lowest BCUT2D eigenvalue weighted by Crippen LogP contribution is -2.56. The summed E-state index contributed by atoms with van der Waals surface area (Å²) in [6.07, 6.45) is 7.31. The summed E-state index contributed by atoms with van der Waals surface area (Å²) in [6.45, 7) is 1.98. The van der Waals surface area contributed by atoms with E-state index in [9.17, 15) is 19.5 Å². The minimum atomic E-state index is -1.39. The van der Waals surface area contributed by atoms with Crippen molar-refractivity contribution in [3.05, 3.63) is 83.9 Å². The van der Waals surface area contributed by atoms with Crippen molar-refractivity contribution in [2.45, 2.75) is 24.2 Å². The number of anilines is 2. The second kappa shape index (κ2) is 9.08. The SMILES string of the molecule is C[C@@]12C=CCN(c3ccccc3)C(=O)[C@@H]1[C@H]1C(=O)N(CCO)C3C(=O)N(c4ccccc4Cl)CC=C[C@@]31O2. The van der Waals surface area contributed by atoms with Crippen LogP contribution < -0.4 is 9.80 Å². The number of carbonyl (C=O) groups excluding carboxylic acids is 3. The van der Waals surface area contributed by atoms with Crippen LogP contribution in [0.25, 0.3) is 0 Å². The number of β-amino-alcohol motifs (C(OH)–C–C–N with tert-alkyl or cyclic N) is 1. The molecule has 9 heteroatoms. The summed E-state index contributed by atoms with van der Waals surface area (Å²) >= 11 is 6.46. The van der Waals surface area contributed by atoms with E-state index in [1.807, 2.05) is 55.5 Å². The van der Waals surface area contributed by atoms with Crippen LogP contribution in [0.3, 0.4) is 0 Å². The minimum absolute atomic E-state index is 0.0586. The van der Waals surface area contributed by atoms with Gasteiger partial charge in [0.1, 0.15) is 11.6 Å². The number of para-hydroxylation sites is 2. The first-order valence-corrected chi connectivity index (χ1v) is 13.1. The van der Waals surface area contributed by atoms with Crippen molar-refractivity contribution in [2.24, 2.45) is 11.8 Å². The molecule has 4 aliphatic heterocycles. The quantitative estimate of drug-likeness (QED) is 0.610. The average Bonchev–Trinajstić information content (AvgIpc) is 3.16. The van der Waals surface area contributed by atoms with Crippen LogP contribution in [0.5, 0.6) is 0 Å². The highest BCUT2D eigenvalue weighted by atomic mass is 35.5. The maximum atomic E-state index is 14.3. The second-order valence-corrected chi connectivity index (χ2v) is 10.6. The molecule has 4 heterocycles. The number of aliphatic hydroxyl groups excluding tert-OH is 1. The Hall–Kier alpha value is -3.46. The normalized spacial score (nSPS) is 32.2. The Bertz CT molecular complexity index is 1360. The standard InChI is InChI=1S/C29H28ClN3O5/c1-28-13-7-15-31(19-9-3-2-4-10-19)25(35)22(28)23-26(36)33(17-18-34)24-27(37)32(16-8-14-29(23,24)38-28)21-12-6-5-11-20(21)30/h2-14,22-24,34H,15-18H2,1H3/t22-,23-,24?,28+,29-/m0/s1. The molecule has 4 aliphatic rings. The van der Waals surface area contributed by atoms with Crippen LogP contribution in [0.4, 0.5) is 11.4 Å². The van der Waals surface area contributed by atoms with E-state index >= 15 is 0 Å². The first-order valence-electron chi connectivity index (χ1n) is 12.7. The van der Waals surface area contributed by atoms with E-state index in [1.54, 1.807) is 35.2 Å². The molecule has 1 unspecified atom stereocenters. The molecule has 5 atom stereocenters. The van der Waals surface area contributed by atoms with Gasteiger partial charge in [-0.1, -0.05) is 66.2 Å². The monoisotopic (exact) mass is 533 g/mol. The van der Waals surface area contributed by atoms with Crippen LogP contribution in [0, 0.1) is 11.8 Å². The third-order valence-electron chi connectivity index (χ3n) is 8.11. The van der Waals surface area contributed by atoms with Crippen molar-refractivity contribution >= 4 is 40.7 Å². The number of hydrogen-bond acceptors (Lipinski definition) is 5. The molecule has 0 bridgehead atoms. The van der Waals surface area contributed by atoms with Gasteiger partial charge in [-0.25, -0.2) is 0 Å². The maximum absolute atomic E-state index is 14.3. The topological polar surface area (TPSA) is 90.4 Å². The molecule has 2 aromatic carbocycles. The Labute approximate surface area is 225 Å². The predicted molar refractivity (Wildman–Crippen MR) is 143 cm³/mol. The lowest BCUT2D eigenvalue weighted by atomic mass is 9.74. The molecule has 6 rings (SSSR count). The van der Waals surface area contributed by atoms with Crippen LogP contribution in [-0.4, -0.2) is 71.2 Å². The molecular weight excluding hydrogens is 506 g/mol. The summed E-state index contributed by atoms with van der Waals surface area (Å²) < 4.78 is 6.77. The van der Waals surface area contributed by atoms with Gasteiger partial charge in [0.25, 0.3) is 5.91 Å². The van der Waals surface area contributed by atoms with E-state index in [-0.39, 0.29) is 37.4 Å². The summed E-state index contributed by atoms with van der Waals surface area (Å²) in [4.78, 5) is 47.1. The first-order chi connectivity index (χ1) is 18.3. The van der Waals surface area contributed by atoms with Gasteiger partial charge in [0.15, 0.2) is 0 Å². The molecular formula is C29H28ClN3O5. The summed E-state index contributed by atoms with van der Waals surface area (Å²) in [7, 11) is 0. The van der Waals surface area contributed by atoms with E-state index in [2.05, 4.69) is 0 Å². The third kappa shape index (κ3) is 3.47. The zero-order valence-electron chi connectivity index (χ0n) is 20.9. The van der Waals surface area contributed by atoms with Crippen molar-refractivity contribution in [2.75, 3.05) is 36.0 Å². The molecule has 3 amide bonds. The number of halogens is 1. The number of benzene rings is 2. The minimum Gasteiger partial charge on any atom is -0.395 e. The molecule has 0 aromatic heterocycles. The van der Waals surface area contributed by atoms with Crippen LogP contribution >= 0.6 is 11.6 Å². The van der Waals surface area contributed by atoms with E-state index in [0.29, 0.717) is 17.3 Å². The van der Waals surface area contributed by atoms with Gasteiger partial charge >= 0.3 is 0 Å². The zero-order valence-corrected chi connectivity index (χ0v) is 21.6. The number of rotatable bonds is 4. The van der Waals surface area contributed by atoms with E-state index in [4.69, 9.17) is 16.3 Å². The van der Waals surface area contributed by atoms with E-state index in [1.165, 1.54) is 9.80 Å². The highest BCUT2D eigenvalue weighted by Gasteiger charge is 2.74. The van der Waals surface area contributed by atoms with Crippen LogP contribution in [-0.2, 0) is 19.1 Å². The fraction of sp³-hybridized carbons (Fsp3) is 0.345. The smallest absolute Gasteiger partial charge is 0.253 e. The molecule has 1 N–H and O–H groups in total. The third-order valence-corrected chi connectivity index (χ3v) is 8.43. The fourth-order valence-corrected chi connectivity index (χ4v) is 6.83. The molecule has 0 radical (unpaired) electrons. The number of nitrogens with zero attached hydrogens (tertiary/aromatic N) is 3. The Morgan fingerprint density at radius 1 is 0.895 bits per heavy atom. The first kappa shape index (κ1) is 24.9. The summed E-state index contributed by atoms with van der Waals surface area (Å²) in [5, 5.41) is 10.3. The van der Waals surface area contributed by atoms with Crippen molar-refractivity contribution < 1.29 is 24.2 Å². The molecule has 8 nitrogen and oxygen atoms in total. The lowest BCUT2D eigenvalue weighted by Gasteiger charge is -2.37. The summed E-state index contributed by atoms with van der Waals surface area (Å²) in [5.74, 6) is -2.81. The van der Waals surface area contributed by atoms with E-state index in [0.717, 1.165) is 5.69 Å². The Balaban J connectivity index is 1.48. The van der Waals surface area contributed by atoms with Crippen LogP contribution in [0.15, 0.2) is 78.9 Å². The van der Waals surface area contributed by atoms with Crippen LogP contribution in [0.1, 0.15) is 6.92 Å². The van der Waals surface area contributed by atoms with Gasteiger partial charge in [0.05, 0.1) is 34.8 Å².